The fraction of sp³-hybridized carbons (Fsp3) is 0.850. The minimum absolute atomic E-state index is 0.0969. The maximum atomic E-state index is 13.2. The molecule has 1 saturated heterocycles. The van der Waals surface area contributed by atoms with Crippen LogP contribution in [0.5, 0.6) is 0 Å². The second-order valence-electron chi connectivity index (χ2n) is 10.1. The molecular formula is C20H25N3O3. The third-order valence-corrected chi connectivity index (χ3v) is 9.98. The van der Waals surface area contributed by atoms with Crippen molar-refractivity contribution in [3.05, 3.63) is 0 Å². The monoisotopic (exact) mass is 355 g/mol. The van der Waals surface area contributed by atoms with Crippen molar-refractivity contribution >= 4 is 17.7 Å². The third-order valence-electron chi connectivity index (χ3n) is 9.98. The van der Waals surface area contributed by atoms with Gasteiger partial charge in [0.1, 0.15) is 0 Å². The summed E-state index contributed by atoms with van der Waals surface area (Å²) < 4.78 is 0. The summed E-state index contributed by atoms with van der Waals surface area (Å²) in [6, 6.07) is 0.520. The lowest BCUT2D eigenvalue weighted by atomic mass is 8.92. The second kappa shape index (κ2) is 3.97. The number of rotatable bonds is 4. The smallest absolute Gasteiger partial charge is 0.227 e. The Morgan fingerprint density at radius 2 is 1.65 bits per heavy atom. The standard InChI is InChI=1S/C20H25N3O3/c21-17(25)19-11-14-12(19)16-13(19)15(11)20(14,16)18(26)22-8-3-1-4-9(7-8)23-6-2-5-10(23)24/h8-9,11-16H,1-7H2,(H2,21,25)(H,22,26). The van der Waals surface area contributed by atoms with Gasteiger partial charge in [0.25, 0.3) is 0 Å². The minimum atomic E-state index is -0.173. The van der Waals surface area contributed by atoms with E-state index in [1.165, 1.54) is 0 Å². The van der Waals surface area contributed by atoms with E-state index in [9.17, 15) is 14.4 Å². The van der Waals surface area contributed by atoms with Crippen LogP contribution >= 0.6 is 0 Å². The molecule has 0 aromatic heterocycles. The Kier molecular flexibility index (Phi) is 2.21. The Balaban J connectivity index is 1.04. The van der Waals surface area contributed by atoms with Gasteiger partial charge in [-0.3, -0.25) is 14.4 Å². The summed E-state index contributed by atoms with van der Waals surface area (Å²) in [6.07, 6.45) is 5.77. The summed E-state index contributed by atoms with van der Waals surface area (Å²) in [6.45, 7) is 0.889. The molecule has 0 spiro atoms. The number of likely N-dealkylation sites (tertiary alicyclic amines) is 1. The van der Waals surface area contributed by atoms with Gasteiger partial charge in [0.15, 0.2) is 0 Å². The molecule has 6 heteroatoms. The van der Waals surface area contributed by atoms with Crippen molar-refractivity contribution < 1.29 is 14.4 Å². The van der Waals surface area contributed by atoms with Gasteiger partial charge in [0.05, 0.1) is 10.8 Å². The fourth-order valence-electron chi connectivity index (χ4n) is 9.42. The zero-order valence-electron chi connectivity index (χ0n) is 14.8. The van der Waals surface area contributed by atoms with Crippen LogP contribution in [0.1, 0.15) is 38.5 Å². The van der Waals surface area contributed by atoms with Gasteiger partial charge in [-0.25, -0.2) is 0 Å². The van der Waals surface area contributed by atoms with Crippen LogP contribution in [0.25, 0.3) is 0 Å². The first kappa shape index (κ1) is 14.5. The second-order valence-corrected chi connectivity index (χ2v) is 10.1. The van der Waals surface area contributed by atoms with E-state index in [4.69, 9.17) is 5.73 Å². The van der Waals surface area contributed by atoms with E-state index in [1.807, 2.05) is 0 Å². The van der Waals surface area contributed by atoms with Crippen LogP contribution in [0.4, 0.5) is 0 Å². The lowest BCUT2D eigenvalue weighted by Gasteiger charge is -3.09. The number of hydrogen-bond acceptors (Lipinski definition) is 3. The van der Waals surface area contributed by atoms with Crippen molar-refractivity contribution in [1.82, 2.24) is 10.2 Å². The van der Waals surface area contributed by atoms with Gasteiger partial charge in [0, 0.05) is 25.0 Å². The number of amides is 3. The number of hydrogen-bond donors (Lipinski definition) is 2. The van der Waals surface area contributed by atoms with Gasteiger partial charge < -0.3 is 16.0 Å². The van der Waals surface area contributed by atoms with Gasteiger partial charge >= 0.3 is 0 Å². The largest absolute Gasteiger partial charge is 0.369 e. The maximum absolute atomic E-state index is 13.2. The average molecular weight is 355 g/mol. The SMILES string of the molecule is NC(=O)C12C3C4C1C1C2C3C41C(=O)NC1CCCC(N2CCCC2=O)C1. The van der Waals surface area contributed by atoms with E-state index in [1.54, 1.807) is 0 Å². The van der Waals surface area contributed by atoms with Crippen molar-refractivity contribution in [2.45, 2.75) is 50.6 Å². The summed E-state index contributed by atoms with van der Waals surface area (Å²) in [7, 11) is 0. The maximum Gasteiger partial charge on any atom is 0.227 e. The third kappa shape index (κ3) is 1.06. The van der Waals surface area contributed by atoms with E-state index in [2.05, 4.69) is 10.2 Å². The Bertz CT molecular complexity index is 738. The molecule has 1 aliphatic heterocycles. The van der Waals surface area contributed by atoms with Crippen LogP contribution in [0.3, 0.4) is 0 Å². The first-order valence-electron chi connectivity index (χ1n) is 10.5. The molecule has 7 saturated carbocycles. The van der Waals surface area contributed by atoms with Crippen molar-refractivity contribution in [3.63, 3.8) is 0 Å². The van der Waals surface area contributed by atoms with Crippen molar-refractivity contribution in [2.75, 3.05) is 6.54 Å². The van der Waals surface area contributed by atoms with Crippen LogP contribution in [0, 0.1) is 46.3 Å². The summed E-state index contributed by atoms with van der Waals surface area (Å²) in [4.78, 5) is 39.1. The molecule has 0 radical (unpaired) electrons. The quantitative estimate of drug-likeness (QED) is 0.758. The molecule has 3 N–H and O–H groups in total. The molecule has 3 amide bonds. The molecule has 7 aliphatic carbocycles. The van der Waals surface area contributed by atoms with E-state index >= 15 is 0 Å². The Labute approximate surface area is 152 Å². The number of nitrogens with two attached hydrogens (primary N) is 1. The molecule has 8 aliphatic rings. The lowest BCUT2D eigenvalue weighted by Crippen LogP contribution is -3.12. The minimum Gasteiger partial charge on any atom is -0.369 e. The first-order chi connectivity index (χ1) is 12.6. The van der Waals surface area contributed by atoms with Crippen molar-refractivity contribution in [1.29, 1.82) is 0 Å². The highest BCUT2D eigenvalue weighted by Crippen LogP contribution is 3.10. The van der Waals surface area contributed by atoms with Gasteiger partial charge in [-0.2, -0.15) is 0 Å². The highest BCUT2D eigenvalue weighted by molar-refractivity contribution is 6.00. The van der Waals surface area contributed by atoms with E-state index in [0.29, 0.717) is 53.9 Å². The molecule has 2 unspecified atom stereocenters. The number of nitrogens with one attached hydrogen (secondary N) is 1. The molecule has 138 valence electrons. The van der Waals surface area contributed by atoms with Crippen molar-refractivity contribution in [3.8, 4) is 0 Å². The Morgan fingerprint density at radius 3 is 2.23 bits per heavy atom. The lowest BCUT2D eigenvalue weighted by molar-refractivity contribution is -0.624. The number of carbonyl (C=O) groups excluding carboxylic acids is 3. The molecule has 6 nitrogen and oxygen atoms in total. The van der Waals surface area contributed by atoms with Gasteiger partial charge in [-0.15, -0.1) is 0 Å². The Morgan fingerprint density at radius 1 is 1.00 bits per heavy atom. The molecular weight excluding hydrogens is 330 g/mol. The van der Waals surface area contributed by atoms with E-state index in [0.717, 1.165) is 38.6 Å². The highest BCUT2D eigenvalue weighted by atomic mass is 16.2. The normalized spacial score (nSPS) is 59.2. The molecule has 2 atom stereocenters. The van der Waals surface area contributed by atoms with E-state index in [-0.39, 0.29) is 28.7 Å². The molecule has 26 heavy (non-hydrogen) atoms. The highest BCUT2D eigenvalue weighted by Gasteiger charge is 3.12. The van der Waals surface area contributed by atoms with Crippen LogP contribution in [0.2, 0.25) is 0 Å². The molecule has 8 rings (SSSR count). The molecule has 1 heterocycles. The summed E-state index contributed by atoms with van der Waals surface area (Å²) in [5.74, 6) is 3.13. The van der Waals surface area contributed by atoms with Crippen LogP contribution in [0.15, 0.2) is 0 Å². The summed E-state index contributed by atoms with van der Waals surface area (Å²) in [5, 5.41) is 3.37. The number of primary amides is 1. The zero-order chi connectivity index (χ0) is 17.6. The van der Waals surface area contributed by atoms with Crippen LogP contribution in [-0.4, -0.2) is 41.2 Å². The number of nitrogens with zero attached hydrogens (tertiary/aromatic N) is 1. The molecule has 8 fully saturated rings. The predicted molar refractivity (Wildman–Crippen MR) is 90.1 cm³/mol. The molecule has 0 aromatic carbocycles. The zero-order valence-corrected chi connectivity index (χ0v) is 14.8. The van der Waals surface area contributed by atoms with Gasteiger partial charge in [-0.1, -0.05) is 0 Å². The topological polar surface area (TPSA) is 92.5 Å². The first-order valence-corrected chi connectivity index (χ1v) is 10.5. The summed E-state index contributed by atoms with van der Waals surface area (Å²) >= 11 is 0. The van der Waals surface area contributed by atoms with E-state index < -0.39 is 0 Å². The average Bonchev–Trinajstić information content (AvgIpc) is 3.07. The fourth-order valence-corrected chi connectivity index (χ4v) is 9.42. The predicted octanol–water partition coefficient (Wildman–Crippen LogP) is 0.260. The van der Waals surface area contributed by atoms with Crippen LogP contribution in [-0.2, 0) is 14.4 Å². The Hall–Kier alpha value is -1.59. The van der Waals surface area contributed by atoms with Crippen molar-refractivity contribution in [2.24, 2.45) is 52.1 Å². The molecule has 0 aromatic rings. The number of carbonyl (C=O) groups is 3. The van der Waals surface area contributed by atoms with Gasteiger partial charge in [-0.05, 0) is 67.6 Å². The van der Waals surface area contributed by atoms with Crippen LogP contribution < -0.4 is 11.1 Å². The molecule has 0 bridgehead atoms. The summed E-state index contributed by atoms with van der Waals surface area (Å²) in [5.41, 5.74) is 5.38. The van der Waals surface area contributed by atoms with Gasteiger partial charge in [0.2, 0.25) is 17.7 Å².